The average molecular weight is 441 g/mol. The summed E-state index contributed by atoms with van der Waals surface area (Å²) in [5.41, 5.74) is 9.07. The highest BCUT2D eigenvalue weighted by Crippen LogP contribution is 2.32. The molecule has 5 amide bonds. The summed E-state index contributed by atoms with van der Waals surface area (Å²) in [7, 11) is 0. The lowest BCUT2D eigenvalue weighted by Gasteiger charge is -2.27. The van der Waals surface area contributed by atoms with Crippen molar-refractivity contribution in [3.63, 3.8) is 0 Å². The first-order valence-electron chi connectivity index (χ1n) is 10.3. The summed E-state index contributed by atoms with van der Waals surface area (Å²) in [5.74, 6) is -2.35. The van der Waals surface area contributed by atoms with E-state index in [4.69, 9.17) is 5.53 Å². The second-order valence-corrected chi connectivity index (χ2v) is 7.36. The summed E-state index contributed by atoms with van der Waals surface area (Å²) in [6, 6.07) is 3.84. The molecule has 2 heterocycles. The molecule has 3 rings (SSSR count). The lowest BCUT2D eigenvalue weighted by Crippen LogP contribution is -2.54. The van der Waals surface area contributed by atoms with Gasteiger partial charge in [0.05, 0.1) is 11.1 Å². The van der Waals surface area contributed by atoms with E-state index in [1.165, 1.54) is 6.07 Å². The summed E-state index contributed by atoms with van der Waals surface area (Å²) in [6.07, 6.45) is 1.48. The molecule has 0 bridgehead atoms. The second-order valence-electron chi connectivity index (χ2n) is 7.36. The van der Waals surface area contributed by atoms with E-state index in [1.807, 2.05) is 0 Å². The van der Waals surface area contributed by atoms with E-state index >= 15 is 0 Å². The number of carbonyl (C=O) groups is 5. The summed E-state index contributed by atoms with van der Waals surface area (Å²) >= 11 is 0. The van der Waals surface area contributed by atoms with E-state index in [2.05, 4.69) is 26.0 Å². The molecule has 1 aromatic rings. The van der Waals surface area contributed by atoms with Gasteiger partial charge in [0.2, 0.25) is 17.7 Å². The maximum Gasteiger partial charge on any atom is 0.264 e. The molecular weight excluding hydrogens is 418 g/mol. The molecular formula is C20H23N7O5. The van der Waals surface area contributed by atoms with E-state index in [0.29, 0.717) is 31.6 Å². The molecule has 1 fully saturated rings. The number of amides is 5. The van der Waals surface area contributed by atoms with Crippen LogP contribution in [-0.2, 0) is 14.4 Å². The van der Waals surface area contributed by atoms with Crippen molar-refractivity contribution in [3.05, 3.63) is 39.8 Å². The van der Waals surface area contributed by atoms with Gasteiger partial charge in [0.1, 0.15) is 6.04 Å². The van der Waals surface area contributed by atoms with Gasteiger partial charge >= 0.3 is 0 Å². The number of hydrogen-bond donors (Lipinski definition) is 3. The largest absolute Gasteiger partial charge is 0.384 e. The highest BCUT2D eigenvalue weighted by Gasteiger charge is 2.45. The normalized spacial score (nSPS) is 17.5. The van der Waals surface area contributed by atoms with Gasteiger partial charge in [-0.2, -0.15) is 0 Å². The predicted molar refractivity (Wildman–Crippen MR) is 112 cm³/mol. The Morgan fingerprint density at radius 3 is 2.75 bits per heavy atom. The van der Waals surface area contributed by atoms with Gasteiger partial charge in [0.25, 0.3) is 11.8 Å². The Morgan fingerprint density at radius 2 is 2.00 bits per heavy atom. The average Bonchev–Trinajstić information content (AvgIpc) is 3.02. The maximum atomic E-state index is 13.0. The van der Waals surface area contributed by atoms with Crippen LogP contribution in [-0.4, -0.2) is 60.1 Å². The lowest BCUT2D eigenvalue weighted by atomic mass is 10.0. The molecule has 2 aliphatic heterocycles. The van der Waals surface area contributed by atoms with Gasteiger partial charge in [0, 0.05) is 43.1 Å². The quantitative estimate of drug-likeness (QED) is 0.161. The Hall–Kier alpha value is -3.92. The highest BCUT2D eigenvalue weighted by atomic mass is 16.2. The van der Waals surface area contributed by atoms with Gasteiger partial charge < -0.3 is 10.6 Å². The molecule has 32 heavy (non-hydrogen) atoms. The molecule has 12 nitrogen and oxygen atoms in total. The minimum atomic E-state index is -1.01. The number of piperidine rings is 1. The zero-order chi connectivity index (χ0) is 23.1. The highest BCUT2D eigenvalue weighted by molar-refractivity contribution is 6.25. The number of imide groups is 2. The first-order chi connectivity index (χ1) is 15.4. The van der Waals surface area contributed by atoms with E-state index in [-0.39, 0.29) is 42.8 Å². The van der Waals surface area contributed by atoms with Crippen molar-refractivity contribution < 1.29 is 24.0 Å². The van der Waals surface area contributed by atoms with Gasteiger partial charge in [-0.3, -0.25) is 34.2 Å². The molecule has 0 aliphatic carbocycles. The van der Waals surface area contributed by atoms with Gasteiger partial charge in [-0.1, -0.05) is 11.2 Å². The van der Waals surface area contributed by atoms with Crippen LogP contribution in [0.25, 0.3) is 10.4 Å². The van der Waals surface area contributed by atoms with Crippen LogP contribution in [0.15, 0.2) is 23.3 Å². The number of anilines is 1. The van der Waals surface area contributed by atoms with Crippen LogP contribution < -0.4 is 16.0 Å². The van der Waals surface area contributed by atoms with Crippen LogP contribution >= 0.6 is 0 Å². The Bertz CT molecular complexity index is 1000. The number of fused-ring (bicyclic) bond motifs is 1. The van der Waals surface area contributed by atoms with Gasteiger partial charge in [-0.05, 0) is 36.9 Å². The van der Waals surface area contributed by atoms with E-state index in [1.54, 1.807) is 12.1 Å². The summed E-state index contributed by atoms with van der Waals surface area (Å²) in [5, 5.41) is 11.4. The van der Waals surface area contributed by atoms with Crippen molar-refractivity contribution in [1.29, 1.82) is 0 Å². The SMILES string of the molecule is [N-]=[N+]=NCCCC(=O)NCCCNc1cccc2c1C(=O)N(C1CCC(=O)NC1=O)C2=O. The Morgan fingerprint density at radius 1 is 1.19 bits per heavy atom. The molecule has 0 radical (unpaired) electrons. The molecule has 3 N–H and O–H groups in total. The van der Waals surface area contributed by atoms with E-state index in [9.17, 15) is 24.0 Å². The number of nitrogens with one attached hydrogen (secondary N) is 3. The van der Waals surface area contributed by atoms with Crippen molar-refractivity contribution in [2.75, 3.05) is 25.0 Å². The molecule has 168 valence electrons. The fourth-order valence-corrected chi connectivity index (χ4v) is 3.64. The first-order valence-corrected chi connectivity index (χ1v) is 10.3. The molecule has 0 saturated carbocycles. The van der Waals surface area contributed by atoms with Crippen LogP contribution in [0.5, 0.6) is 0 Å². The molecule has 0 aromatic heterocycles. The zero-order valence-corrected chi connectivity index (χ0v) is 17.3. The number of hydrogen-bond acceptors (Lipinski definition) is 7. The molecule has 2 aliphatic rings. The molecule has 1 atom stereocenters. The molecule has 1 unspecified atom stereocenters. The van der Waals surface area contributed by atoms with Crippen LogP contribution in [0.4, 0.5) is 5.69 Å². The second kappa shape index (κ2) is 10.4. The number of nitrogens with zero attached hydrogens (tertiary/aromatic N) is 4. The van der Waals surface area contributed by atoms with Gasteiger partial charge in [0.15, 0.2) is 0 Å². The third-order valence-electron chi connectivity index (χ3n) is 5.18. The standard InChI is InChI=1S/C20H23N7O5/c21-26-24-11-2-6-15(28)23-10-3-9-22-13-5-1-4-12-17(13)20(32)27(19(12)31)14-7-8-16(29)25-18(14)30/h1,4-5,14,22H,2-3,6-11H2,(H,23,28)(H,25,29,30). The van der Waals surface area contributed by atoms with Crippen molar-refractivity contribution in [3.8, 4) is 0 Å². The molecule has 1 saturated heterocycles. The van der Waals surface area contributed by atoms with Crippen molar-refractivity contribution in [2.45, 2.75) is 38.1 Å². The fraction of sp³-hybridized carbons (Fsp3) is 0.450. The number of azide groups is 1. The van der Waals surface area contributed by atoms with E-state index in [0.717, 1.165) is 4.90 Å². The Balaban J connectivity index is 1.55. The lowest BCUT2D eigenvalue weighted by molar-refractivity contribution is -0.136. The number of rotatable bonds is 10. The number of carbonyl (C=O) groups excluding carboxylic acids is 5. The van der Waals surface area contributed by atoms with Crippen molar-refractivity contribution in [1.82, 2.24) is 15.5 Å². The Kier molecular flexibility index (Phi) is 7.40. The number of benzene rings is 1. The summed E-state index contributed by atoms with van der Waals surface area (Å²) < 4.78 is 0. The van der Waals surface area contributed by atoms with Crippen molar-refractivity contribution in [2.24, 2.45) is 5.11 Å². The van der Waals surface area contributed by atoms with Crippen LogP contribution in [0.1, 0.15) is 52.8 Å². The third kappa shape index (κ3) is 5.03. The van der Waals surface area contributed by atoms with Crippen LogP contribution in [0.3, 0.4) is 0 Å². The fourth-order valence-electron chi connectivity index (χ4n) is 3.64. The molecule has 0 spiro atoms. The van der Waals surface area contributed by atoms with Gasteiger partial charge in [-0.15, -0.1) is 0 Å². The maximum absolute atomic E-state index is 13.0. The predicted octanol–water partition coefficient (Wildman–Crippen LogP) is 1.10. The topological polar surface area (TPSA) is 173 Å². The minimum absolute atomic E-state index is 0.0617. The Labute approximate surface area is 183 Å². The summed E-state index contributed by atoms with van der Waals surface area (Å²) in [6.45, 7) is 1.13. The molecule has 1 aromatic carbocycles. The van der Waals surface area contributed by atoms with Gasteiger partial charge in [-0.25, -0.2) is 0 Å². The summed E-state index contributed by atoms with van der Waals surface area (Å²) in [4.78, 5) is 64.6. The third-order valence-corrected chi connectivity index (χ3v) is 5.18. The minimum Gasteiger partial charge on any atom is -0.384 e. The smallest absolute Gasteiger partial charge is 0.264 e. The monoisotopic (exact) mass is 441 g/mol. The first kappa shape index (κ1) is 22.8. The van der Waals surface area contributed by atoms with Crippen LogP contribution in [0.2, 0.25) is 0 Å². The zero-order valence-electron chi connectivity index (χ0n) is 17.3. The molecule has 12 heteroatoms. The van der Waals surface area contributed by atoms with E-state index < -0.39 is 29.7 Å². The van der Waals surface area contributed by atoms with Crippen molar-refractivity contribution >= 4 is 35.2 Å². The van der Waals surface area contributed by atoms with Crippen LogP contribution in [0, 0.1) is 0 Å².